The molecule has 8 nitrogen and oxygen atoms in total. The van der Waals surface area contributed by atoms with Gasteiger partial charge in [-0.15, -0.1) is 0 Å². The van der Waals surface area contributed by atoms with E-state index in [1.807, 2.05) is 0 Å². The summed E-state index contributed by atoms with van der Waals surface area (Å²) in [5, 5.41) is 1.14. The maximum atomic E-state index is 14.0. The van der Waals surface area contributed by atoms with E-state index in [2.05, 4.69) is 26.1 Å². The molecule has 0 spiro atoms. The Hall–Kier alpha value is -2.49. The predicted molar refractivity (Wildman–Crippen MR) is 112 cm³/mol. The Balaban J connectivity index is 2.08. The van der Waals surface area contributed by atoms with Crippen LogP contribution in [0.15, 0.2) is 22.7 Å². The van der Waals surface area contributed by atoms with Crippen LogP contribution in [0.1, 0.15) is 49.9 Å². The zero-order valence-electron chi connectivity index (χ0n) is 17.7. The fraction of sp³-hybridized carbons (Fsp3) is 0.524. The Morgan fingerprint density at radius 2 is 1.84 bits per heavy atom. The fourth-order valence-electron chi connectivity index (χ4n) is 3.51. The molecule has 1 aromatic carbocycles. The van der Waals surface area contributed by atoms with Gasteiger partial charge in [0.15, 0.2) is 6.61 Å². The van der Waals surface area contributed by atoms with Crippen LogP contribution in [-0.2, 0) is 19.1 Å². The molecule has 170 valence electrons. The van der Waals surface area contributed by atoms with Crippen LogP contribution in [0.25, 0.3) is 0 Å². The summed E-state index contributed by atoms with van der Waals surface area (Å²) >= 11 is 3.11. The molecular formula is C21H26BrFN2O6. The zero-order valence-corrected chi connectivity index (χ0v) is 19.2. The number of nitrogens with one attached hydrogen (secondary N) is 1. The summed E-state index contributed by atoms with van der Waals surface area (Å²) < 4.78 is 24.2. The van der Waals surface area contributed by atoms with Gasteiger partial charge in [0.1, 0.15) is 5.82 Å². The molecule has 2 atom stereocenters. The third kappa shape index (κ3) is 6.49. The molecule has 31 heavy (non-hydrogen) atoms. The number of amides is 2. The lowest BCUT2D eigenvalue weighted by atomic mass is 9.78. The lowest BCUT2D eigenvalue weighted by Gasteiger charge is -2.35. The van der Waals surface area contributed by atoms with Gasteiger partial charge in [0.05, 0.1) is 24.5 Å². The normalized spacial score (nSPS) is 18.3. The van der Waals surface area contributed by atoms with E-state index in [0.717, 1.165) is 23.9 Å². The van der Waals surface area contributed by atoms with E-state index in [1.54, 1.807) is 13.8 Å². The Morgan fingerprint density at radius 3 is 2.42 bits per heavy atom. The van der Waals surface area contributed by atoms with Crippen LogP contribution in [0.5, 0.6) is 0 Å². The summed E-state index contributed by atoms with van der Waals surface area (Å²) in [6.07, 6.45) is 1.54. The van der Waals surface area contributed by atoms with Gasteiger partial charge in [-0.2, -0.15) is 0 Å². The van der Waals surface area contributed by atoms with Gasteiger partial charge in [-0.1, -0.05) is 28.8 Å². The number of ether oxygens (including phenoxy) is 2. The number of hydrogen-bond acceptors (Lipinski definition) is 6. The summed E-state index contributed by atoms with van der Waals surface area (Å²) in [4.78, 5) is 49.6. The van der Waals surface area contributed by atoms with E-state index in [-0.39, 0.29) is 11.6 Å². The number of carbonyl (C=O) groups excluding carboxylic acids is 4. The van der Waals surface area contributed by atoms with E-state index in [0.29, 0.717) is 17.3 Å². The van der Waals surface area contributed by atoms with Crippen LogP contribution in [0, 0.1) is 17.7 Å². The molecule has 2 rings (SSSR count). The van der Waals surface area contributed by atoms with Crippen molar-refractivity contribution in [3.63, 3.8) is 0 Å². The van der Waals surface area contributed by atoms with Crippen molar-refractivity contribution in [3.8, 4) is 0 Å². The maximum Gasteiger partial charge on any atom is 0.425 e. The molecule has 0 saturated heterocycles. The number of hydrazine groups is 1. The zero-order chi connectivity index (χ0) is 23.1. The lowest BCUT2D eigenvalue weighted by Crippen LogP contribution is -2.54. The molecule has 2 amide bonds. The minimum Gasteiger partial charge on any atom is -0.457 e. The standard InChI is InChI=1S/C21H26BrFN2O6/c1-12(2)25(24-21(29)30-3)19(27)14-6-4-5-7-15(14)20(28)31-11-18(26)16-9-8-13(22)10-17(16)23/h8-10,12,14-15H,4-7,11H2,1-3H3,(H,24,29)/t14?,15-/m0/s1. The third-order valence-corrected chi connectivity index (χ3v) is 5.61. The summed E-state index contributed by atoms with van der Waals surface area (Å²) in [5.41, 5.74) is 2.20. The number of ketones is 1. The topological polar surface area (TPSA) is 102 Å². The quantitative estimate of drug-likeness (QED) is 0.363. The molecular weight excluding hydrogens is 475 g/mol. The first kappa shape index (κ1) is 24.8. The highest BCUT2D eigenvalue weighted by molar-refractivity contribution is 9.10. The number of methoxy groups -OCH3 is 1. The van der Waals surface area contributed by atoms with Gasteiger partial charge in [0, 0.05) is 10.5 Å². The Bertz CT molecular complexity index is 847. The monoisotopic (exact) mass is 500 g/mol. The summed E-state index contributed by atoms with van der Waals surface area (Å²) in [6.45, 7) is 2.81. The Morgan fingerprint density at radius 1 is 1.19 bits per heavy atom. The van der Waals surface area contributed by atoms with E-state index in [9.17, 15) is 23.6 Å². The van der Waals surface area contributed by atoms with Crippen molar-refractivity contribution in [2.24, 2.45) is 11.8 Å². The van der Waals surface area contributed by atoms with Crippen LogP contribution in [0.3, 0.4) is 0 Å². The van der Waals surface area contributed by atoms with Crippen LogP contribution >= 0.6 is 15.9 Å². The van der Waals surface area contributed by atoms with E-state index >= 15 is 0 Å². The molecule has 0 aliphatic heterocycles. The number of benzene rings is 1. The largest absolute Gasteiger partial charge is 0.457 e. The highest BCUT2D eigenvalue weighted by atomic mass is 79.9. The molecule has 1 fully saturated rings. The average Bonchev–Trinajstić information content (AvgIpc) is 2.74. The molecule has 0 radical (unpaired) electrons. The van der Waals surface area contributed by atoms with Crippen molar-refractivity contribution in [2.45, 2.75) is 45.6 Å². The summed E-state index contributed by atoms with van der Waals surface area (Å²) in [6, 6.07) is 3.61. The predicted octanol–water partition coefficient (Wildman–Crippen LogP) is 3.63. The second-order valence-corrected chi connectivity index (χ2v) is 8.47. The molecule has 0 aromatic heterocycles. The first-order valence-corrected chi connectivity index (χ1v) is 10.8. The number of rotatable bonds is 6. The number of hydrogen-bond donors (Lipinski definition) is 1. The smallest absolute Gasteiger partial charge is 0.425 e. The van der Waals surface area contributed by atoms with E-state index in [4.69, 9.17) is 4.74 Å². The lowest BCUT2D eigenvalue weighted by molar-refractivity contribution is -0.158. The minimum absolute atomic E-state index is 0.180. The van der Waals surface area contributed by atoms with Gasteiger partial charge in [-0.25, -0.2) is 19.6 Å². The van der Waals surface area contributed by atoms with Gasteiger partial charge in [0.2, 0.25) is 11.7 Å². The first-order chi connectivity index (χ1) is 14.6. The number of carbonyl (C=O) groups is 4. The van der Waals surface area contributed by atoms with Gasteiger partial charge in [-0.3, -0.25) is 14.4 Å². The third-order valence-electron chi connectivity index (χ3n) is 5.11. The van der Waals surface area contributed by atoms with Crippen molar-refractivity contribution in [2.75, 3.05) is 13.7 Å². The van der Waals surface area contributed by atoms with Crippen molar-refractivity contribution in [1.82, 2.24) is 10.4 Å². The number of esters is 1. The Labute approximate surface area is 188 Å². The number of Topliss-reactive ketones (excluding diaryl/α,β-unsaturated/α-hetero) is 1. The fourth-order valence-corrected chi connectivity index (χ4v) is 3.84. The molecule has 0 bridgehead atoms. The molecule has 1 aliphatic carbocycles. The van der Waals surface area contributed by atoms with Gasteiger partial charge >= 0.3 is 12.1 Å². The van der Waals surface area contributed by atoms with Gasteiger partial charge in [0.25, 0.3) is 0 Å². The SMILES string of the molecule is COC(=O)NN(C(=O)C1CCCC[C@@H]1C(=O)OCC(=O)c1ccc(Br)cc1F)C(C)C. The Kier molecular flexibility index (Phi) is 8.97. The molecule has 10 heteroatoms. The second kappa shape index (κ2) is 11.2. The van der Waals surface area contributed by atoms with Crippen LogP contribution in [-0.4, -0.2) is 48.5 Å². The minimum atomic E-state index is -0.792. The molecule has 1 aliphatic rings. The van der Waals surface area contributed by atoms with Crippen LogP contribution in [0.2, 0.25) is 0 Å². The number of nitrogens with zero attached hydrogens (tertiary/aromatic N) is 1. The van der Waals surface area contributed by atoms with E-state index in [1.165, 1.54) is 19.2 Å². The van der Waals surface area contributed by atoms with Gasteiger partial charge < -0.3 is 9.47 Å². The van der Waals surface area contributed by atoms with Gasteiger partial charge in [-0.05, 0) is 44.9 Å². The second-order valence-electron chi connectivity index (χ2n) is 7.56. The molecule has 0 heterocycles. The van der Waals surface area contributed by atoms with Crippen molar-refractivity contribution in [3.05, 3.63) is 34.1 Å². The highest BCUT2D eigenvalue weighted by Crippen LogP contribution is 2.33. The highest BCUT2D eigenvalue weighted by Gasteiger charge is 2.40. The first-order valence-electron chi connectivity index (χ1n) is 9.98. The number of halogens is 2. The molecule has 1 unspecified atom stereocenters. The maximum absolute atomic E-state index is 14.0. The van der Waals surface area contributed by atoms with Crippen molar-refractivity contribution in [1.29, 1.82) is 0 Å². The molecule has 1 saturated carbocycles. The summed E-state index contributed by atoms with van der Waals surface area (Å²) in [7, 11) is 1.18. The average molecular weight is 501 g/mol. The van der Waals surface area contributed by atoms with E-state index < -0.39 is 48.0 Å². The molecule has 1 N–H and O–H groups in total. The molecule has 1 aromatic rings. The van der Waals surface area contributed by atoms with Crippen LogP contribution in [0.4, 0.5) is 9.18 Å². The summed E-state index contributed by atoms with van der Waals surface area (Å²) in [5.74, 6) is -3.97. The van der Waals surface area contributed by atoms with Crippen molar-refractivity contribution >= 4 is 39.7 Å². The van der Waals surface area contributed by atoms with Crippen LogP contribution < -0.4 is 5.43 Å². The van der Waals surface area contributed by atoms with Crippen molar-refractivity contribution < 1.29 is 33.0 Å².